The Morgan fingerprint density at radius 3 is 2.45 bits per heavy atom. The molecule has 1 heterocycles. The average molecular weight is 511 g/mol. The average Bonchev–Trinajstić information content (AvgIpc) is 2.99. The largest absolute Gasteiger partial charge is 0.456 e. The van der Waals surface area contributed by atoms with Crippen LogP contribution in [0.1, 0.15) is 11.1 Å². The van der Waals surface area contributed by atoms with Gasteiger partial charge in [0.25, 0.3) is 5.91 Å². The van der Waals surface area contributed by atoms with Gasteiger partial charge in [-0.05, 0) is 76.9 Å². The van der Waals surface area contributed by atoms with Crippen LogP contribution >= 0.6 is 50.7 Å². The van der Waals surface area contributed by atoms with Crippen molar-refractivity contribution in [1.82, 2.24) is 0 Å². The number of aliphatic imine (C=N–C) groups is 1. The van der Waals surface area contributed by atoms with Crippen molar-refractivity contribution < 1.29 is 9.53 Å². The van der Waals surface area contributed by atoms with Gasteiger partial charge in [-0.25, -0.2) is 4.99 Å². The highest BCUT2D eigenvalue weighted by atomic mass is 79.9. The van der Waals surface area contributed by atoms with Crippen LogP contribution in [0.2, 0.25) is 15.1 Å². The highest BCUT2D eigenvalue weighted by Gasteiger charge is 2.29. The number of carbonyl (C=O) groups excluding carboxylic acids is 1. The van der Waals surface area contributed by atoms with Crippen molar-refractivity contribution in [3.63, 3.8) is 0 Å². The lowest BCUT2D eigenvalue weighted by molar-refractivity contribution is -0.110. The van der Waals surface area contributed by atoms with E-state index in [0.717, 1.165) is 5.56 Å². The van der Waals surface area contributed by atoms with Gasteiger partial charge >= 0.3 is 0 Å². The van der Waals surface area contributed by atoms with Gasteiger partial charge in [0, 0.05) is 15.1 Å². The van der Waals surface area contributed by atoms with E-state index < -0.39 is 0 Å². The molecule has 3 aromatic carbocycles. The number of nitrogens with one attached hydrogen (secondary N) is 1. The van der Waals surface area contributed by atoms with Crippen LogP contribution in [0, 0.1) is 6.92 Å². The molecule has 1 aliphatic heterocycles. The normalized spacial score (nSPS) is 14.1. The summed E-state index contributed by atoms with van der Waals surface area (Å²) in [7, 11) is 0. The van der Waals surface area contributed by atoms with Crippen molar-refractivity contribution in [3.8, 4) is 11.5 Å². The lowest BCUT2D eigenvalue weighted by atomic mass is 10.1. The van der Waals surface area contributed by atoms with Gasteiger partial charge in [0.2, 0.25) is 0 Å². The molecule has 1 N–H and O–H groups in total. The Kier molecular flexibility index (Phi) is 5.58. The molecule has 146 valence electrons. The van der Waals surface area contributed by atoms with Crippen LogP contribution in [0.15, 0.2) is 58.0 Å². The molecule has 4 rings (SSSR count). The number of nitrogens with zero attached hydrogens (tertiary/aromatic N) is 1. The second-order valence-electron chi connectivity index (χ2n) is 6.31. The molecule has 0 spiro atoms. The fourth-order valence-corrected chi connectivity index (χ4v) is 4.03. The van der Waals surface area contributed by atoms with Gasteiger partial charge in [-0.3, -0.25) is 4.79 Å². The molecule has 1 amide bonds. The van der Waals surface area contributed by atoms with E-state index in [1.165, 1.54) is 0 Å². The lowest BCUT2D eigenvalue weighted by Crippen LogP contribution is -2.13. The first kappa shape index (κ1) is 20.2. The Hall–Kier alpha value is -2.05. The van der Waals surface area contributed by atoms with Gasteiger partial charge in [0.1, 0.15) is 17.2 Å². The van der Waals surface area contributed by atoms with Crippen LogP contribution in [-0.2, 0) is 4.79 Å². The molecule has 8 heteroatoms. The van der Waals surface area contributed by atoms with Gasteiger partial charge in [-0.1, -0.05) is 34.8 Å². The smallest absolute Gasteiger partial charge is 0.275 e. The third-order valence-corrected chi connectivity index (χ3v) is 6.23. The highest BCUT2D eigenvalue weighted by Crippen LogP contribution is 2.38. The summed E-state index contributed by atoms with van der Waals surface area (Å²) < 4.78 is 6.48. The molecular weight excluding hydrogens is 499 g/mol. The molecule has 29 heavy (non-hydrogen) atoms. The number of ether oxygens (including phenoxy) is 1. The topological polar surface area (TPSA) is 50.7 Å². The molecule has 1 aliphatic rings. The van der Waals surface area contributed by atoms with E-state index >= 15 is 0 Å². The molecule has 0 bridgehead atoms. The minimum absolute atomic E-state index is 0.273. The van der Waals surface area contributed by atoms with Crippen molar-refractivity contribution >= 4 is 73.7 Å². The minimum Gasteiger partial charge on any atom is -0.456 e. The molecule has 0 unspecified atom stereocenters. The maximum atomic E-state index is 12.4. The predicted octanol–water partition coefficient (Wildman–Crippen LogP) is 7.58. The van der Waals surface area contributed by atoms with Crippen LogP contribution in [0.25, 0.3) is 0 Å². The van der Waals surface area contributed by atoms with E-state index in [4.69, 9.17) is 39.5 Å². The maximum Gasteiger partial charge on any atom is 0.275 e. The summed E-state index contributed by atoms with van der Waals surface area (Å²) in [5, 5.41) is 4.35. The monoisotopic (exact) mass is 508 g/mol. The molecule has 0 aromatic heterocycles. The molecule has 0 saturated carbocycles. The van der Waals surface area contributed by atoms with Crippen molar-refractivity contribution in [1.29, 1.82) is 0 Å². The van der Waals surface area contributed by atoms with Crippen molar-refractivity contribution in [2.24, 2.45) is 4.99 Å². The number of rotatable bonds is 3. The number of hydrogen-bond donors (Lipinski definition) is 1. The van der Waals surface area contributed by atoms with E-state index in [-0.39, 0.29) is 5.91 Å². The third kappa shape index (κ3) is 4.01. The summed E-state index contributed by atoms with van der Waals surface area (Å²) in [6.07, 6.45) is 0. The first-order valence-corrected chi connectivity index (χ1v) is 10.4. The zero-order valence-corrected chi connectivity index (χ0v) is 18.7. The summed E-state index contributed by atoms with van der Waals surface area (Å²) in [5.74, 6) is 0.807. The zero-order chi connectivity index (χ0) is 20.7. The quantitative estimate of drug-likeness (QED) is 0.395. The Labute approximate surface area is 190 Å². The van der Waals surface area contributed by atoms with Crippen molar-refractivity contribution in [3.05, 3.63) is 79.2 Å². The number of halogens is 4. The molecular formula is C21H12BrCl3N2O2. The molecule has 0 radical (unpaired) electrons. The third-order valence-electron chi connectivity index (χ3n) is 4.36. The Morgan fingerprint density at radius 1 is 1.03 bits per heavy atom. The first-order chi connectivity index (χ1) is 13.8. The van der Waals surface area contributed by atoms with Crippen molar-refractivity contribution in [2.45, 2.75) is 6.92 Å². The lowest BCUT2D eigenvalue weighted by Gasteiger charge is -2.08. The second-order valence-corrected chi connectivity index (χ2v) is 8.38. The Bertz CT molecular complexity index is 1180. The van der Waals surface area contributed by atoms with E-state index in [9.17, 15) is 4.79 Å². The number of carbonyl (C=O) groups is 1. The zero-order valence-electron chi connectivity index (χ0n) is 14.9. The number of anilines is 1. The molecule has 3 aromatic rings. The van der Waals surface area contributed by atoms with Gasteiger partial charge in [0.05, 0.1) is 21.4 Å². The van der Waals surface area contributed by atoms with Gasteiger partial charge in [-0.15, -0.1) is 0 Å². The summed E-state index contributed by atoms with van der Waals surface area (Å²) in [5.41, 5.74) is 3.12. The van der Waals surface area contributed by atoms with Crippen LogP contribution in [0.5, 0.6) is 11.5 Å². The van der Waals surface area contributed by atoms with Crippen LogP contribution in [0.3, 0.4) is 0 Å². The number of benzene rings is 3. The summed E-state index contributed by atoms with van der Waals surface area (Å²) in [6.45, 7) is 1.85. The second kappa shape index (κ2) is 8.00. The van der Waals surface area contributed by atoms with Gasteiger partial charge in [-0.2, -0.15) is 0 Å². The van der Waals surface area contributed by atoms with Crippen molar-refractivity contribution in [2.75, 3.05) is 5.32 Å². The van der Waals surface area contributed by atoms with E-state index in [1.807, 2.05) is 6.92 Å². The molecule has 0 saturated heterocycles. The predicted molar refractivity (Wildman–Crippen MR) is 122 cm³/mol. The fourth-order valence-electron chi connectivity index (χ4n) is 2.91. The summed E-state index contributed by atoms with van der Waals surface area (Å²) in [6, 6.07) is 13.8. The highest BCUT2D eigenvalue weighted by molar-refractivity contribution is 9.10. The standard InChI is InChI=1S/C21H12BrCl3N2O2/c1-10-18(25)15(22)9-14-19(10)27-21(28)20(14)26-12-3-5-13(6-4-12)29-17-7-2-11(23)8-16(17)24/h2-9H,1H3,(H,26,27,28). The van der Waals surface area contributed by atoms with E-state index in [2.05, 4.69) is 26.2 Å². The summed E-state index contributed by atoms with van der Waals surface area (Å²) in [4.78, 5) is 16.9. The molecule has 4 nitrogen and oxygen atoms in total. The van der Waals surface area contributed by atoms with E-state index in [1.54, 1.807) is 48.5 Å². The first-order valence-electron chi connectivity index (χ1n) is 8.45. The van der Waals surface area contributed by atoms with Gasteiger partial charge in [0.15, 0.2) is 0 Å². The summed E-state index contributed by atoms with van der Waals surface area (Å²) >= 11 is 21.7. The molecule has 0 aliphatic carbocycles. The number of amides is 1. The Morgan fingerprint density at radius 2 is 1.76 bits per heavy atom. The Balaban J connectivity index is 1.62. The minimum atomic E-state index is -0.273. The maximum absolute atomic E-state index is 12.4. The van der Waals surface area contributed by atoms with Crippen LogP contribution in [-0.4, -0.2) is 11.6 Å². The number of hydrogen-bond acceptors (Lipinski definition) is 3. The van der Waals surface area contributed by atoms with E-state index in [0.29, 0.717) is 53.7 Å². The molecule has 0 fully saturated rings. The van der Waals surface area contributed by atoms with Crippen LogP contribution in [0.4, 0.5) is 11.4 Å². The number of fused-ring (bicyclic) bond motifs is 1. The van der Waals surface area contributed by atoms with Gasteiger partial charge < -0.3 is 10.1 Å². The molecule has 0 atom stereocenters. The SMILES string of the molecule is Cc1c(Cl)c(Br)cc2c1NC(=O)C2=Nc1ccc(Oc2ccc(Cl)cc2Cl)cc1. The fraction of sp³-hybridized carbons (Fsp3) is 0.0476. The van der Waals surface area contributed by atoms with Crippen LogP contribution < -0.4 is 10.1 Å².